The monoisotopic (exact) mass is 359 g/mol. The number of nitrogens with one attached hydrogen (secondary N) is 1. The van der Waals surface area contributed by atoms with E-state index in [1.165, 1.54) is 0 Å². The van der Waals surface area contributed by atoms with Gasteiger partial charge in [0.25, 0.3) is 0 Å². The third kappa shape index (κ3) is 2.76. The molecule has 22 heavy (non-hydrogen) atoms. The molecule has 0 radical (unpaired) electrons. The van der Waals surface area contributed by atoms with E-state index >= 15 is 0 Å². The van der Waals surface area contributed by atoms with Crippen LogP contribution >= 0.6 is 15.9 Å². The predicted molar refractivity (Wildman–Crippen MR) is 84.7 cm³/mol. The van der Waals surface area contributed by atoms with E-state index in [0.717, 1.165) is 5.56 Å². The second-order valence-electron chi connectivity index (χ2n) is 5.12. The number of fused-ring (bicyclic) bond motifs is 1. The van der Waals surface area contributed by atoms with Crippen LogP contribution in [0.2, 0.25) is 0 Å². The lowest BCUT2D eigenvalue weighted by atomic mass is 9.90. The molecule has 0 amide bonds. The van der Waals surface area contributed by atoms with E-state index in [1.807, 2.05) is 19.9 Å². The molecule has 0 saturated carbocycles. The molecule has 2 unspecified atom stereocenters. The van der Waals surface area contributed by atoms with Gasteiger partial charge in [-0.25, -0.2) is 9.97 Å². The number of rotatable bonds is 3. The molecular weight excluding hydrogens is 346 g/mol. The van der Waals surface area contributed by atoms with E-state index in [4.69, 9.17) is 0 Å². The molecule has 6 nitrogen and oxygen atoms in total. The maximum atomic E-state index is 12.1. The molecule has 112 valence electrons. The minimum absolute atomic E-state index is 0.00722. The Morgan fingerprint density at radius 3 is 2.73 bits per heavy atom. The summed E-state index contributed by atoms with van der Waals surface area (Å²) < 4.78 is 0.629. The topological polar surface area (TPSA) is 80.7 Å². The fraction of sp³-hybridized carbons (Fsp3) is 0.267. The normalized spacial score (nSPS) is 18.4. The van der Waals surface area contributed by atoms with Gasteiger partial charge in [0.15, 0.2) is 5.78 Å². The number of carbonyl (C=O) groups is 1. The van der Waals surface area contributed by atoms with E-state index in [1.54, 1.807) is 24.5 Å². The van der Waals surface area contributed by atoms with Crippen LogP contribution in [0.5, 0.6) is 0 Å². The second kappa shape index (κ2) is 5.92. The lowest BCUT2D eigenvalue weighted by Crippen LogP contribution is -2.26. The van der Waals surface area contributed by atoms with Crippen molar-refractivity contribution in [2.75, 3.05) is 0 Å². The SMILES string of the molecule is CC(NC1=CC(=O)C(C)c2nnc(Br)cc21)c1ncccn1. The maximum Gasteiger partial charge on any atom is 0.166 e. The van der Waals surface area contributed by atoms with Crippen molar-refractivity contribution in [2.45, 2.75) is 25.8 Å². The number of aromatic nitrogens is 4. The summed E-state index contributed by atoms with van der Waals surface area (Å²) in [6, 6.07) is 3.50. The first-order valence-corrected chi connectivity index (χ1v) is 7.68. The van der Waals surface area contributed by atoms with Crippen LogP contribution in [0.1, 0.15) is 42.9 Å². The summed E-state index contributed by atoms with van der Waals surface area (Å²) in [5.74, 6) is 0.384. The quantitative estimate of drug-likeness (QED) is 0.906. The molecule has 0 aliphatic heterocycles. The van der Waals surface area contributed by atoms with Gasteiger partial charge in [0.2, 0.25) is 0 Å². The highest BCUT2D eigenvalue weighted by Crippen LogP contribution is 2.31. The number of halogens is 1. The molecule has 7 heteroatoms. The summed E-state index contributed by atoms with van der Waals surface area (Å²) in [5.41, 5.74) is 2.27. The van der Waals surface area contributed by atoms with Gasteiger partial charge in [-0.2, -0.15) is 5.10 Å². The Morgan fingerprint density at radius 1 is 1.27 bits per heavy atom. The zero-order valence-corrected chi connectivity index (χ0v) is 13.7. The minimum Gasteiger partial charge on any atom is -0.375 e. The van der Waals surface area contributed by atoms with Crippen molar-refractivity contribution >= 4 is 27.4 Å². The first-order chi connectivity index (χ1) is 10.6. The van der Waals surface area contributed by atoms with Crippen molar-refractivity contribution < 1.29 is 4.79 Å². The Labute approximate surface area is 136 Å². The maximum absolute atomic E-state index is 12.1. The van der Waals surface area contributed by atoms with E-state index in [-0.39, 0.29) is 17.7 Å². The van der Waals surface area contributed by atoms with Crippen LogP contribution in [-0.2, 0) is 4.79 Å². The molecule has 0 aromatic carbocycles. The van der Waals surface area contributed by atoms with Gasteiger partial charge in [0, 0.05) is 29.7 Å². The molecule has 0 fully saturated rings. The number of hydrogen-bond donors (Lipinski definition) is 1. The van der Waals surface area contributed by atoms with Gasteiger partial charge in [-0.15, -0.1) is 5.10 Å². The van der Waals surface area contributed by atoms with Crippen molar-refractivity contribution in [2.24, 2.45) is 0 Å². The lowest BCUT2D eigenvalue weighted by Gasteiger charge is -2.23. The summed E-state index contributed by atoms with van der Waals surface area (Å²) in [7, 11) is 0. The molecule has 0 bridgehead atoms. The van der Waals surface area contributed by atoms with Crippen LogP contribution in [0.4, 0.5) is 0 Å². The Morgan fingerprint density at radius 2 is 2.00 bits per heavy atom. The fourth-order valence-corrected chi connectivity index (χ4v) is 2.65. The lowest BCUT2D eigenvalue weighted by molar-refractivity contribution is -0.115. The number of ketones is 1. The fourth-order valence-electron chi connectivity index (χ4n) is 2.34. The largest absolute Gasteiger partial charge is 0.375 e. The zero-order valence-electron chi connectivity index (χ0n) is 12.1. The van der Waals surface area contributed by atoms with Crippen LogP contribution in [0, 0.1) is 0 Å². The Bertz CT molecular complexity index is 747. The van der Waals surface area contributed by atoms with Crippen LogP contribution in [0.25, 0.3) is 5.70 Å². The van der Waals surface area contributed by atoms with Crippen LogP contribution in [0.3, 0.4) is 0 Å². The predicted octanol–water partition coefficient (Wildman–Crippen LogP) is 2.41. The molecule has 2 atom stereocenters. The highest BCUT2D eigenvalue weighted by molar-refractivity contribution is 9.10. The Kier molecular flexibility index (Phi) is 3.98. The van der Waals surface area contributed by atoms with Crippen molar-refractivity contribution in [3.63, 3.8) is 0 Å². The van der Waals surface area contributed by atoms with E-state index in [2.05, 4.69) is 41.4 Å². The molecule has 2 aromatic heterocycles. The van der Waals surface area contributed by atoms with Crippen LogP contribution in [0.15, 0.2) is 35.2 Å². The third-order valence-electron chi connectivity index (χ3n) is 3.55. The average molecular weight is 360 g/mol. The van der Waals surface area contributed by atoms with Gasteiger partial charge in [-0.3, -0.25) is 4.79 Å². The summed E-state index contributed by atoms with van der Waals surface area (Å²) in [6.45, 7) is 3.78. The standard InChI is InChI=1S/C15H14BrN5O/c1-8-12(22)7-11(10-6-13(16)20-21-14(8)10)19-9(2)15-17-4-3-5-18-15/h3-9,19H,1-2H3. The molecule has 1 N–H and O–H groups in total. The van der Waals surface area contributed by atoms with Crippen molar-refractivity contribution in [1.82, 2.24) is 25.5 Å². The number of carbonyl (C=O) groups excluding carboxylic acids is 1. The summed E-state index contributed by atoms with van der Waals surface area (Å²) in [5, 5.41) is 11.4. The number of nitrogens with zero attached hydrogens (tertiary/aromatic N) is 4. The van der Waals surface area contributed by atoms with E-state index < -0.39 is 0 Å². The minimum atomic E-state index is -0.288. The molecule has 0 saturated heterocycles. The molecular formula is C15H14BrN5O. The highest BCUT2D eigenvalue weighted by Gasteiger charge is 2.28. The smallest absolute Gasteiger partial charge is 0.166 e. The zero-order chi connectivity index (χ0) is 15.7. The molecule has 2 aromatic rings. The van der Waals surface area contributed by atoms with Gasteiger partial charge in [-0.1, -0.05) is 0 Å². The van der Waals surface area contributed by atoms with Gasteiger partial charge < -0.3 is 5.32 Å². The van der Waals surface area contributed by atoms with Gasteiger partial charge >= 0.3 is 0 Å². The molecule has 3 rings (SSSR count). The van der Waals surface area contributed by atoms with E-state index in [0.29, 0.717) is 21.8 Å². The van der Waals surface area contributed by atoms with Gasteiger partial charge in [0.05, 0.1) is 17.7 Å². The number of allylic oxidation sites excluding steroid dienone is 1. The average Bonchev–Trinajstić information content (AvgIpc) is 2.53. The van der Waals surface area contributed by atoms with Crippen molar-refractivity contribution in [1.29, 1.82) is 0 Å². The molecule has 1 aliphatic rings. The van der Waals surface area contributed by atoms with Crippen molar-refractivity contribution in [3.8, 4) is 0 Å². The van der Waals surface area contributed by atoms with Gasteiger partial charge in [0.1, 0.15) is 10.4 Å². The van der Waals surface area contributed by atoms with Crippen LogP contribution < -0.4 is 5.32 Å². The molecule has 2 heterocycles. The Hall–Kier alpha value is -2.15. The number of hydrogen-bond acceptors (Lipinski definition) is 6. The van der Waals surface area contributed by atoms with E-state index in [9.17, 15) is 4.79 Å². The van der Waals surface area contributed by atoms with Crippen LogP contribution in [-0.4, -0.2) is 25.9 Å². The van der Waals surface area contributed by atoms with Gasteiger partial charge in [-0.05, 0) is 41.9 Å². The Balaban J connectivity index is 1.95. The summed E-state index contributed by atoms with van der Waals surface area (Å²) in [6.07, 6.45) is 5.00. The first-order valence-electron chi connectivity index (χ1n) is 6.88. The first kappa shape index (κ1) is 14.8. The second-order valence-corrected chi connectivity index (χ2v) is 5.93. The molecule has 0 spiro atoms. The summed E-state index contributed by atoms with van der Waals surface area (Å²) >= 11 is 3.33. The third-order valence-corrected chi connectivity index (χ3v) is 3.94. The highest BCUT2D eigenvalue weighted by atomic mass is 79.9. The van der Waals surface area contributed by atoms with Crippen molar-refractivity contribution in [3.05, 3.63) is 52.3 Å². The molecule has 1 aliphatic carbocycles. The summed E-state index contributed by atoms with van der Waals surface area (Å²) in [4.78, 5) is 20.6.